The van der Waals surface area contributed by atoms with Crippen LogP contribution in [0.15, 0.2) is 59.6 Å². The van der Waals surface area contributed by atoms with Crippen LogP contribution < -0.4 is 14.7 Å². The van der Waals surface area contributed by atoms with Crippen molar-refractivity contribution in [3.63, 3.8) is 0 Å². The predicted molar refractivity (Wildman–Crippen MR) is 163 cm³/mol. The Bertz CT molecular complexity index is 1290. The monoisotopic (exact) mass is 510 g/mol. The van der Waals surface area contributed by atoms with Crippen molar-refractivity contribution in [2.75, 3.05) is 54.0 Å². The fraction of sp³-hybridized carbons (Fsp3) is 0.424. The van der Waals surface area contributed by atoms with Crippen molar-refractivity contribution in [2.45, 2.75) is 54.1 Å². The molecule has 0 N–H and O–H groups in total. The smallest absolute Gasteiger partial charge is 0.189 e. The molecule has 1 heterocycles. The van der Waals surface area contributed by atoms with Crippen molar-refractivity contribution in [3.8, 4) is 11.1 Å². The van der Waals surface area contributed by atoms with E-state index in [-0.39, 0.29) is 0 Å². The molecule has 0 bridgehead atoms. The van der Waals surface area contributed by atoms with Crippen LogP contribution in [-0.2, 0) is 10.3 Å². The van der Waals surface area contributed by atoms with Gasteiger partial charge in [0.15, 0.2) is 11.5 Å². The minimum Gasteiger partial charge on any atom is -0.460 e. The third-order valence-corrected chi connectivity index (χ3v) is 8.38. The number of hydrogen-bond acceptors (Lipinski definition) is 5. The zero-order valence-corrected chi connectivity index (χ0v) is 24.1. The Kier molecular flexibility index (Phi) is 7.13. The number of rotatable bonds is 9. The second-order valence-electron chi connectivity index (χ2n) is 10.1. The van der Waals surface area contributed by atoms with Crippen LogP contribution in [0.5, 0.6) is 0 Å². The van der Waals surface area contributed by atoms with Crippen molar-refractivity contribution in [1.82, 2.24) is 0 Å². The summed E-state index contributed by atoms with van der Waals surface area (Å²) in [5, 5.41) is 0. The van der Waals surface area contributed by atoms with E-state index in [1.54, 1.807) is 0 Å². The quantitative estimate of drug-likeness (QED) is 0.297. The van der Waals surface area contributed by atoms with Crippen LogP contribution in [0.25, 0.3) is 11.1 Å². The first-order chi connectivity index (χ1) is 18.4. The highest BCUT2D eigenvalue weighted by Gasteiger charge is 2.50. The van der Waals surface area contributed by atoms with Gasteiger partial charge >= 0.3 is 0 Å². The van der Waals surface area contributed by atoms with Crippen LogP contribution in [0.2, 0.25) is 0 Å². The molecule has 1 spiro atoms. The lowest BCUT2D eigenvalue weighted by Gasteiger charge is -2.37. The summed E-state index contributed by atoms with van der Waals surface area (Å²) in [6.07, 6.45) is 0. The normalized spacial score (nSPS) is 14.3. The summed E-state index contributed by atoms with van der Waals surface area (Å²) in [6.45, 7) is 21.1. The highest BCUT2D eigenvalue weighted by Crippen LogP contribution is 2.58. The van der Waals surface area contributed by atoms with E-state index >= 15 is 0 Å². The van der Waals surface area contributed by atoms with Gasteiger partial charge in [0.05, 0.1) is 5.69 Å². The maximum absolute atomic E-state index is 6.88. The molecule has 1 aliphatic carbocycles. The maximum Gasteiger partial charge on any atom is 0.189 e. The third-order valence-electron chi connectivity index (χ3n) is 8.38. The minimum atomic E-state index is -0.711. The van der Waals surface area contributed by atoms with Gasteiger partial charge in [-0.25, -0.2) is 4.99 Å². The highest BCUT2D eigenvalue weighted by atomic mass is 16.5. The first-order valence-electron chi connectivity index (χ1n) is 14.4. The van der Waals surface area contributed by atoms with E-state index in [9.17, 15) is 0 Å². The van der Waals surface area contributed by atoms with Crippen molar-refractivity contribution >= 4 is 28.6 Å². The molecule has 5 rings (SSSR count). The Balaban J connectivity index is 1.78. The van der Waals surface area contributed by atoms with E-state index in [0.29, 0.717) is 5.90 Å². The molecule has 0 fully saturated rings. The molecule has 0 atom stereocenters. The van der Waals surface area contributed by atoms with Crippen molar-refractivity contribution < 1.29 is 4.74 Å². The first kappa shape index (κ1) is 26.1. The van der Waals surface area contributed by atoms with Crippen LogP contribution in [0, 0.1) is 0 Å². The molecular formula is C33H42N4O. The second-order valence-corrected chi connectivity index (χ2v) is 10.1. The average Bonchev–Trinajstić information content (AvgIpc) is 3.19. The molecule has 2 aliphatic rings. The molecular weight excluding hydrogens is 468 g/mol. The number of fused-ring (bicyclic) bond motifs is 7. The van der Waals surface area contributed by atoms with Crippen LogP contribution in [0.1, 0.15) is 65.2 Å². The second kappa shape index (κ2) is 10.4. The lowest BCUT2D eigenvalue weighted by molar-refractivity contribution is 0.140. The Morgan fingerprint density at radius 3 is 1.39 bits per heavy atom. The van der Waals surface area contributed by atoms with E-state index in [0.717, 1.165) is 50.5 Å². The molecule has 0 radical (unpaired) electrons. The van der Waals surface area contributed by atoms with E-state index in [2.05, 4.69) is 111 Å². The lowest BCUT2D eigenvalue weighted by Crippen LogP contribution is -2.35. The number of nitrogens with zero attached hydrogens (tertiary/aromatic N) is 4. The molecule has 0 aromatic heterocycles. The summed E-state index contributed by atoms with van der Waals surface area (Å²) in [5.41, 5.74) is 10.0. The molecule has 5 nitrogen and oxygen atoms in total. The van der Waals surface area contributed by atoms with Gasteiger partial charge in [0.25, 0.3) is 0 Å². The number of ether oxygens (including phenoxy) is 1. The molecule has 0 saturated carbocycles. The highest BCUT2D eigenvalue weighted by molar-refractivity contribution is 5.92. The van der Waals surface area contributed by atoms with E-state index in [1.165, 1.54) is 39.3 Å². The van der Waals surface area contributed by atoms with Gasteiger partial charge < -0.3 is 19.4 Å². The predicted octanol–water partition coefficient (Wildman–Crippen LogP) is 7.58. The van der Waals surface area contributed by atoms with Crippen LogP contribution in [-0.4, -0.2) is 45.2 Å². The summed E-state index contributed by atoms with van der Waals surface area (Å²) < 4.78 is 6.88. The molecule has 1 aliphatic heterocycles. The van der Waals surface area contributed by atoms with E-state index in [4.69, 9.17) is 9.73 Å². The topological polar surface area (TPSA) is 31.3 Å². The number of anilines is 3. The van der Waals surface area contributed by atoms with Crippen molar-refractivity contribution in [2.24, 2.45) is 4.99 Å². The number of aliphatic imine (C=N–C) groups is 1. The fourth-order valence-corrected chi connectivity index (χ4v) is 6.40. The largest absolute Gasteiger partial charge is 0.460 e. The Morgan fingerprint density at radius 1 is 0.579 bits per heavy atom. The van der Waals surface area contributed by atoms with Crippen LogP contribution >= 0.6 is 0 Å². The van der Waals surface area contributed by atoms with Gasteiger partial charge in [-0.15, -0.1) is 0 Å². The summed E-state index contributed by atoms with van der Waals surface area (Å²) >= 11 is 0. The van der Waals surface area contributed by atoms with Gasteiger partial charge in [0.2, 0.25) is 0 Å². The molecule has 5 heteroatoms. The van der Waals surface area contributed by atoms with Gasteiger partial charge in [-0.3, -0.25) is 0 Å². The summed E-state index contributed by atoms with van der Waals surface area (Å²) in [5.74, 6) is 0.702. The zero-order valence-electron chi connectivity index (χ0n) is 24.1. The van der Waals surface area contributed by atoms with Gasteiger partial charge in [-0.1, -0.05) is 18.2 Å². The number of benzene rings is 3. The molecule has 0 amide bonds. The van der Waals surface area contributed by atoms with Crippen LogP contribution in [0.3, 0.4) is 0 Å². The Morgan fingerprint density at radius 2 is 0.974 bits per heavy atom. The molecule has 200 valence electrons. The van der Waals surface area contributed by atoms with Gasteiger partial charge in [0.1, 0.15) is 0 Å². The van der Waals surface area contributed by atoms with E-state index in [1.807, 2.05) is 6.92 Å². The molecule has 38 heavy (non-hydrogen) atoms. The first-order valence-corrected chi connectivity index (χ1v) is 14.4. The molecule has 0 saturated heterocycles. The van der Waals surface area contributed by atoms with Gasteiger partial charge in [0, 0.05) is 79.9 Å². The summed E-state index contributed by atoms with van der Waals surface area (Å²) in [7, 11) is 0. The Hall–Kier alpha value is -3.47. The Labute approximate surface area is 228 Å². The molecule has 3 aromatic carbocycles. The van der Waals surface area contributed by atoms with Crippen molar-refractivity contribution in [3.05, 3.63) is 71.3 Å². The minimum absolute atomic E-state index is 0.702. The van der Waals surface area contributed by atoms with E-state index < -0.39 is 5.60 Å². The average molecular weight is 511 g/mol. The van der Waals surface area contributed by atoms with Crippen LogP contribution in [0.4, 0.5) is 22.7 Å². The summed E-state index contributed by atoms with van der Waals surface area (Å²) in [4.78, 5) is 12.1. The fourth-order valence-electron chi connectivity index (χ4n) is 6.40. The SMILES string of the molecule is CCN(CC)c1ccc2c(c1)N=C(C)OC21c2ccc(N(CC)CC)cc2-c2cc(N(CC)CC)ccc21. The van der Waals surface area contributed by atoms with Crippen molar-refractivity contribution in [1.29, 1.82) is 0 Å². The zero-order chi connectivity index (χ0) is 27.0. The molecule has 0 unspecified atom stereocenters. The standard InChI is InChI=1S/C33H42N4O/c1-8-35(9-2)24-14-17-29-27(20-24)28-21-25(36(10-3)11-4)15-18-30(28)33(29)31-19-16-26(37(12-5)13-6)22-32(31)34-23(7)38-33/h14-22H,8-13H2,1-7H3. The van der Waals surface area contributed by atoms with Gasteiger partial charge in [-0.05, 0) is 89.1 Å². The lowest BCUT2D eigenvalue weighted by atomic mass is 9.82. The van der Waals surface area contributed by atoms with Gasteiger partial charge in [-0.2, -0.15) is 0 Å². The third kappa shape index (κ3) is 3.95. The summed E-state index contributed by atoms with van der Waals surface area (Å²) in [6, 6.07) is 20.6. The number of hydrogen-bond donors (Lipinski definition) is 0. The maximum atomic E-state index is 6.88. The molecule has 3 aromatic rings.